The second kappa shape index (κ2) is 4.88. The predicted molar refractivity (Wildman–Crippen MR) is 69.3 cm³/mol. The average Bonchev–Trinajstić information content (AvgIpc) is 2.36. The SMILES string of the molecule is O=C(O)NCc1c(Cl)c2ccccc2c(=O)n1Cl. The Labute approximate surface area is 112 Å². The molecule has 2 N–H and O–H groups in total. The fourth-order valence-corrected chi connectivity index (χ4v) is 2.23. The lowest BCUT2D eigenvalue weighted by Gasteiger charge is -2.10. The van der Waals surface area contributed by atoms with Gasteiger partial charge in [0.15, 0.2) is 0 Å². The summed E-state index contributed by atoms with van der Waals surface area (Å²) in [5.41, 5.74) is -0.219. The Kier molecular flexibility index (Phi) is 3.45. The normalized spacial score (nSPS) is 10.6. The zero-order chi connectivity index (χ0) is 13.3. The summed E-state index contributed by atoms with van der Waals surface area (Å²) in [5.74, 6) is 0. The summed E-state index contributed by atoms with van der Waals surface area (Å²) in [4.78, 5) is 22.4. The van der Waals surface area contributed by atoms with Crippen molar-refractivity contribution in [3.63, 3.8) is 0 Å². The van der Waals surface area contributed by atoms with Crippen molar-refractivity contribution in [2.75, 3.05) is 0 Å². The average molecular weight is 287 g/mol. The number of pyridine rings is 1. The van der Waals surface area contributed by atoms with E-state index < -0.39 is 11.7 Å². The summed E-state index contributed by atoms with van der Waals surface area (Å²) < 4.78 is 0.834. The maximum Gasteiger partial charge on any atom is 0.404 e. The van der Waals surface area contributed by atoms with Crippen LogP contribution in [-0.4, -0.2) is 15.3 Å². The van der Waals surface area contributed by atoms with E-state index in [1.54, 1.807) is 24.3 Å². The lowest BCUT2D eigenvalue weighted by Crippen LogP contribution is -2.25. The topological polar surface area (TPSA) is 71.3 Å². The van der Waals surface area contributed by atoms with Crippen LogP contribution in [0.3, 0.4) is 0 Å². The largest absolute Gasteiger partial charge is 0.465 e. The molecule has 1 aromatic carbocycles. The van der Waals surface area contributed by atoms with Gasteiger partial charge in [0.1, 0.15) is 0 Å². The maximum atomic E-state index is 11.9. The van der Waals surface area contributed by atoms with Crippen LogP contribution in [0.4, 0.5) is 4.79 Å². The zero-order valence-corrected chi connectivity index (χ0v) is 10.5. The van der Waals surface area contributed by atoms with Crippen molar-refractivity contribution >= 4 is 40.2 Å². The number of nitrogens with one attached hydrogen (secondary N) is 1. The van der Waals surface area contributed by atoms with E-state index in [-0.39, 0.29) is 17.3 Å². The van der Waals surface area contributed by atoms with Crippen LogP contribution in [0.1, 0.15) is 5.69 Å². The van der Waals surface area contributed by atoms with Gasteiger partial charge in [-0.15, -0.1) is 0 Å². The second-order valence-corrected chi connectivity index (χ2v) is 4.27. The number of carbonyl (C=O) groups is 1. The van der Waals surface area contributed by atoms with E-state index in [4.69, 9.17) is 28.5 Å². The van der Waals surface area contributed by atoms with E-state index in [0.29, 0.717) is 10.8 Å². The van der Waals surface area contributed by atoms with E-state index in [1.807, 2.05) is 0 Å². The van der Waals surface area contributed by atoms with Gasteiger partial charge in [-0.3, -0.25) is 4.79 Å². The van der Waals surface area contributed by atoms with Gasteiger partial charge >= 0.3 is 6.09 Å². The fourth-order valence-electron chi connectivity index (χ4n) is 1.64. The zero-order valence-electron chi connectivity index (χ0n) is 8.98. The standard InChI is InChI=1S/C11H8Cl2N2O3/c12-9-6-3-1-2-4-7(6)10(16)15(13)8(9)5-14-11(17)18/h1-4,14H,5H2,(H,17,18). The Hall–Kier alpha value is -1.72. The lowest BCUT2D eigenvalue weighted by atomic mass is 10.1. The minimum absolute atomic E-state index is 0.141. The molecule has 1 heterocycles. The summed E-state index contributed by atoms with van der Waals surface area (Å²) in [6.45, 7) is -0.141. The van der Waals surface area contributed by atoms with Crippen molar-refractivity contribution in [1.29, 1.82) is 0 Å². The van der Waals surface area contributed by atoms with Crippen LogP contribution >= 0.6 is 23.4 Å². The highest BCUT2D eigenvalue weighted by molar-refractivity contribution is 6.36. The molecule has 0 unspecified atom stereocenters. The molecule has 0 bridgehead atoms. The Bertz CT molecular complexity index is 682. The van der Waals surface area contributed by atoms with Gasteiger partial charge in [-0.05, 0) is 6.07 Å². The molecule has 1 amide bonds. The fraction of sp³-hybridized carbons (Fsp3) is 0.0909. The van der Waals surface area contributed by atoms with Crippen molar-refractivity contribution in [2.24, 2.45) is 0 Å². The molecule has 18 heavy (non-hydrogen) atoms. The Morgan fingerprint density at radius 2 is 1.94 bits per heavy atom. The number of carboxylic acid groups (broad SMARTS) is 1. The summed E-state index contributed by atoms with van der Waals surface area (Å²) in [7, 11) is 0. The monoisotopic (exact) mass is 286 g/mol. The van der Waals surface area contributed by atoms with E-state index >= 15 is 0 Å². The molecule has 0 fully saturated rings. The van der Waals surface area contributed by atoms with Crippen LogP contribution in [0.2, 0.25) is 5.02 Å². The molecule has 1 aromatic heterocycles. The van der Waals surface area contributed by atoms with Crippen LogP contribution < -0.4 is 10.9 Å². The lowest BCUT2D eigenvalue weighted by molar-refractivity contribution is 0.194. The second-order valence-electron chi connectivity index (χ2n) is 3.55. The molecule has 0 spiro atoms. The minimum atomic E-state index is -1.22. The molecule has 0 aliphatic heterocycles. The van der Waals surface area contributed by atoms with Crippen molar-refractivity contribution in [1.82, 2.24) is 9.40 Å². The third kappa shape index (κ3) is 2.14. The number of halogens is 2. The Morgan fingerprint density at radius 1 is 1.33 bits per heavy atom. The van der Waals surface area contributed by atoms with Gasteiger partial charge in [-0.1, -0.05) is 29.8 Å². The van der Waals surface area contributed by atoms with Crippen LogP contribution in [0.25, 0.3) is 10.8 Å². The van der Waals surface area contributed by atoms with Crippen LogP contribution in [0, 0.1) is 0 Å². The third-order valence-electron chi connectivity index (χ3n) is 2.47. The van der Waals surface area contributed by atoms with Gasteiger partial charge in [-0.25, -0.2) is 8.88 Å². The number of aromatic nitrogens is 1. The van der Waals surface area contributed by atoms with E-state index in [1.165, 1.54) is 0 Å². The highest BCUT2D eigenvalue weighted by atomic mass is 35.5. The quantitative estimate of drug-likeness (QED) is 0.891. The smallest absolute Gasteiger partial charge is 0.404 e. The van der Waals surface area contributed by atoms with Gasteiger partial charge in [0, 0.05) is 22.5 Å². The minimum Gasteiger partial charge on any atom is -0.465 e. The highest BCUT2D eigenvalue weighted by Crippen LogP contribution is 2.25. The maximum absolute atomic E-state index is 11.9. The molecule has 2 rings (SSSR count). The Morgan fingerprint density at radius 3 is 2.56 bits per heavy atom. The predicted octanol–water partition coefficient (Wildman–Crippen LogP) is 2.42. The van der Waals surface area contributed by atoms with Crippen molar-refractivity contribution < 1.29 is 9.90 Å². The molecule has 5 nitrogen and oxygen atoms in total. The molecule has 94 valence electrons. The van der Waals surface area contributed by atoms with Crippen molar-refractivity contribution in [3.8, 4) is 0 Å². The summed E-state index contributed by atoms with van der Waals surface area (Å²) in [6, 6.07) is 6.73. The summed E-state index contributed by atoms with van der Waals surface area (Å²) in [6.07, 6.45) is -1.22. The first-order valence-electron chi connectivity index (χ1n) is 4.97. The molecule has 0 atom stereocenters. The van der Waals surface area contributed by atoms with Gasteiger partial charge in [0.2, 0.25) is 0 Å². The van der Waals surface area contributed by atoms with Gasteiger partial charge < -0.3 is 10.4 Å². The van der Waals surface area contributed by atoms with Crippen molar-refractivity contribution in [2.45, 2.75) is 6.54 Å². The number of benzene rings is 1. The first-order valence-corrected chi connectivity index (χ1v) is 5.69. The molecule has 2 aromatic rings. The third-order valence-corrected chi connectivity index (χ3v) is 3.25. The first kappa shape index (κ1) is 12.7. The molecule has 0 aliphatic carbocycles. The van der Waals surface area contributed by atoms with Crippen LogP contribution in [0.5, 0.6) is 0 Å². The summed E-state index contributed by atoms with van der Waals surface area (Å²) >= 11 is 12.0. The van der Waals surface area contributed by atoms with Crippen LogP contribution in [0.15, 0.2) is 29.1 Å². The van der Waals surface area contributed by atoms with Gasteiger partial charge in [-0.2, -0.15) is 0 Å². The van der Waals surface area contributed by atoms with E-state index in [0.717, 1.165) is 4.09 Å². The van der Waals surface area contributed by atoms with Gasteiger partial charge in [0.25, 0.3) is 5.56 Å². The molecule has 0 radical (unpaired) electrons. The number of fused-ring (bicyclic) bond motifs is 1. The number of rotatable bonds is 2. The summed E-state index contributed by atoms with van der Waals surface area (Å²) in [5, 5.41) is 11.9. The molecule has 0 saturated carbocycles. The number of amides is 1. The first-order chi connectivity index (χ1) is 8.52. The number of nitrogens with zero attached hydrogens (tertiary/aromatic N) is 1. The molecule has 0 saturated heterocycles. The van der Waals surface area contributed by atoms with Gasteiger partial charge in [0.05, 0.1) is 17.3 Å². The van der Waals surface area contributed by atoms with E-state index in [2.05, 4.69) is 5.32 Å². The van der Waals surface area contributed by atoms with Crippen molar-refractivity contribution in [3.05, 3.63) is 45.3 Å². The molecular formula is C11H8Cl2N2O3. The highest BCUT2D eigenvalue weighted by Gasteiger charge is 2.14. The van der Waals surface area contributed by atoms with E-state index in [9.17, 15) is 9.59 Å². The molecule has 0 aliphatic rings. The molecular weight excluding hydrogens is 279 g/mol. The van der Waals surface area contributed by atoms with Crippen LogP contribution in [-0.2, 0) is 6.54 Å². The molecule has 7 heteroatoms. The number of hydrogen-bond donors (Lipinski definition) is 2. The Balaban J connectivity index is 2.67. The number of hydrogen-bond acceptors (Lipinski definition) is 2.